The van der Waals surface area contributed by atoms with Gasteiger partial charge in [0.15, 0.2) is 10.8 Å². The van der Waals surface area contributed by atoms with Crippen LogP contribution in [-0.4, -0.2) is 25.8 Å². The van der Waals surface area contributed by atoms with E-state index in [-0.39, 0.29) is 12.3 Å². The first-order valence-corrected chi connectivity index (χ1v) is 9.89. The predicted molar refractivity (Wildman–Crippen MR) is 109 cm³/mol. The highest BCUT2D eigenvalue weighted by atomic mass is 32.1. The largest absolute Gasteiger partial charge is 0.489 e. The third-order valence-electron chi connectivity index (χ3n) is 4.39. The van der Waals surface area contributed by atoms with E-state index in [0.717, 1.165) is 17.0 Å². The van der Waals surface area contributed by atoms with Crippen LogP contribution in [0.15, 0.2) is 40.4 Å². The average Bonchev–Trinajstić information content (AvgIpc) is 3.39. The summed E-state index contributed by atoms with van der Waals surface area (Å²) < 4.78 is 25.8. The van der Waals surface area contributed by atoms with Crippen LogP contribution in [0.2, 0.25) is 0 Å². The van der Waals surface area contributed by atoms with E-state index in [4.69, 9.17) is 9.26 Å². The molecule has 0 radical (unpaired) electrons. The van der Waals surface area contributed by atoms with Crippen LogP contribution in [0.3, 0.4) is 0 Å². The first-order valence-electron chi connectivity index (χ1n) is 9.01. The molecule has 0 bridgehead atoms. The summed E-state index contributed by atoms with van der Waals surface area (Å²) in [6.07, 6.45) is 1.87. The zero-order chi connectivity index (χ0) is 21.3. The minimum atomic E-state index is -0.464. The Bertz CT molecular complexity index is 1210. The molecule has 3 heterocycles. The van der Waals surface area contributed by atoms with Crippen LogP contribution in [0.25, 0.3) is 11.3 Å². The molecule has 1 N–H and O–H groups in total. The van der Waals surface area contributed by atoms with Crippen molar-refractivity contribution in [2.45, 2.75) is 20.5 Å². The summed E-state index contributed by atoms with van der Waals surface area (Å²) in [5.41, 5.74) is 3.06. The van der Waals surface area contributed by atoms with Crippen molar-refractivity contribution in [2.75, 3.05) is 5.32 Å². The monoisotopic (exact) mass is 427 g/mol. The van der Waals surface area contributed by atoms with Crippen molar-refractivity contribution in [3.05, 3.63) is 64.4 Å². The van der Waals surface area contributed by atoms with Crippen molar-refractivity contribution in [3.63, 3.8) is 0 Å². The number of benzene rings is 1. The highest BCUT2D eigenvalue weighted by Crippen LogP contribution is 2.27. The molecular formula is C20H18FN5O3S. The molecule has 30 heavy (non-hydrogen) atoms. The molecule has 0 aliphatic heterocycles. The van der Waals surface area contributed by atoms with E-state index in [2.05, 4.69) is 20.6 Å². The van der Waals surface area contributed by atoms with Gasteiger partial charge >= 0.3 is 0 Å². The zero-order valence-corrected chi connectivity index (χ0v) is 17.3. The fourth-order valence-corrected chi connectivity index (χ4v) is 3.62. The van der Waals surface area contributed by atoms with Crippen LogP contribution in [0, 0.1) is 19.7 Å². The van der Waals surface area contributed by atoms with Crippen molar-refractivity contribution in [1.82, 2.24) is 19.9 Å². The maximum atomic E-state index is 13.3. The van der Waals surface area contributed by atoms with Gasteiger partial charge in [-0.1, -0.05) is 11.2 Å². The van der Waals surface area contributed by atoms with Gasteiger partial charge in [0, 0.05) is 30.3 Å². The van der Waals surface area contributed by atoms with Crippen LogP contribution in [0.1, 0.15) is 27.5 Å². The fraction of sp³-hybridized carbons (Fsp3) is 0.200. The van der Waals surface area contributed by atoms with Gasteiger partial charge in [-0.25, -0.2) is 9.37 Å². The van der Waals surface area contributed by atoms with Gasteiger partial charge in [-0.2, -0.15) is 5.10 Å². The highest BCUT2D eigenvalue weighted by Gasteiger charge is 2.22. The molecule has 154 valence electrons. The molecule has 0 saturated carbocycles. The summed E-state index contributed by atoms with van der Waals surface area (Å²) in [4.78, 5) is 17.2. The lowest BCUT2D eigenvalue weighted by Crippen LogP contribution is -2.15. The van der Waals surface area contributed by atoms with Crippen LogP contribution in [0.5, 0.6) is 5.75 Å². The Labute approximate surface area is 175 Å². The van der Waals surface area contributed by atoms with E-state index in [9.17, 15) is 9.18 Å². The number of carbonyl (C=O) groups excluding carboxylic acids is 1. The van der Waals surface area contributed by atoms with Gasteiger partial charge < -0.3 is 9.26 Å². The van der Waals surface area contributed by atoms with Gasteiger partial charge in [0.2, 0.25) is 0 Å². The number of aryl methyl sites for hydroxylation is 3. The van der Waals surface area contributed by atoms with Crippen LogP contribution >= 0.6 is 11.3 Å². The van der Waals surface area contributed by atoms with E-state index in [1.165, 1.54) is 23.5 Å². The lowest BCUT2D eigenvalue weighted by atomic mass is 10.2. The minimum Gasteiger partial charge on any atom is -0.489 e. The van der Waals surface area contributed by atoms with E-state index < -0.39 is 11.7 Å². The minimum absolute atomic E-state index is 0.0134. The quantitative estimate of drug-likeness (QED) is 0.497. The number of ether oxygens (including phenoxy) is 1. The molecule has 3 aromatic heterocycles. The van der Waals surface area contributed by atoms with Gasteiger partial charge in [0.25, 0.3) is 5.91 Å². The summed E-state index contributed by atoms with van der Waals surface area (Å²) in [5.74, 6) is -0.0786. The van der Waals surface area contributed by atoms with E-state index in [1.807, 2.05) is 25.5 Å². The lowest BCUT2D eigenvalue weighted by Gasteiger charge is -2.06. The number of anilines is 1. The summed E-state index contributed by atoms with van der Waals surface area (Å²) in [6.45, 7) is 3.59. The molecule has 4 rings (SSSR count). The Morgan fingerprint density at radius 2 is 2.20 bits per heavy atom. The maximum Gasteiger partial charge on any atom is 0.280 e. The maximum absolute atomic E-state index is 13.3. The normalized spacial score (nSPS) is 10.9. The second-order valence-corrected chi connectivity index (χ2v) is 7.46. The first kappa shape index (κ1) is 19.8. The molecule has 0 aliphatic rings. The third-order valence-corrected chi connectivity index (χ3v) is 5.15. The molecule has 4 aromatic rings. The summed E-state index contributed by atoms with van der Waals surface area (Å²) in [6, 6.07) is 5.76. The molecule has 0 atom stereocenters. The van der Waals surface area contributed by atoms with Gasteiger partial charge in [-0.3, -0.25) is 14.8 Å². The molecule has 0 fully saturated rings. The number of carbonyl (C=O) groups is 1. The topological polar surface area (TPSA) is 95.1 Å². The lowest BCUT2D eigenvalue weighted by molar-refractivity contribution is 0.101. The Kier molecular flexibility index (Phi) is 5.32. The number of rotatable bonds is 6. The second kappa shape index (κ2) is 8.07. The summed E-state index contributed by atoms with van der Waals surface area (Å²) >= 11 is 1.30. The van der Waals surface area contributed by atoms with E-state index in [0.29, 0.717) is 22.2 Å². The van der Waals surface area contributed by atoms with E-state index >= 15 is 0 Å². The van der Waals surface area contributed by atoms with Gasteiger partial charge in [-0.15, -0.1) is 11.3 Å². The van der Waals surface area contributed by atoms with Crippen molar-refractivity contribution < 1.29 is 18.4 Å². The molecule has 0 unspecified atom stereocenters. The Morgan fingerprint density at radius 1 is 1.37 bits per heavy atom. The standard InChI is InChI=1S/C20H18FN5O3S/c1-11-15(8-26(3)24-11)17-10-30-20(22-17)23-19(27)18-16(12(2)29-25-18)9-28-14-6-4-5-13(21)7-14/h4-8,10H,9H2,1-3H3,(H,22,23,27). The van der Waals surface area contributed by atoms with Gasteiger partial charge in [0.1, 0.15) is 23.9 Å². The second-order valence-electron chi connectivity index (χ2n) is 6.61. The van der Waals surface area contributed by atoms with Crippen molar-refractivity contribution in [1.29, 1.82) is 0 Å². The molecule has 0 spiro atoms. The average molecular weight is 427 g/mol. The van der Waals surface area contributed by atoms with Crippen LogP contribution < -0.4 is 10.1 Å². The van der Waals surface area contributed by atoms with Crippen molar-refractivity contribution in [3.8, 4) is 17.0 Å². The van der Waals surface area contributed by atoms with Crippen LogP contribution in [-0.2, 0) is 13.7 Å². The molecule has 8 nitrogen and oxygen atoms in total. The molecular weight excluding hydrogens is 409 g/mol. The molecule has 1 amide bonds. The smallest absolute Gasteiger partial charge is 0.280 e. The molecule has 10 heteroatoms. The summed E-state index contributed by atoms with van der Waals surface area (Å²) in [7, 11) is 1.84. The first-order chi connectivity index (χ1) is 14.4. The fourth-order valence-electron chi connectivity index (χ4n) is 2.91. The van der Waals surface area contributed by atoms with Crippen molar-refractivity contribution in [2.24, 2.45) is 7.05 Å². The number of hydrogen-bond donors (Lipinski definition) is 1. The summed E-state index contributed by atoms with van der Waals surface area (Å²) in [5, 5.41) is 13.2. The molecule has 0 saturated heterocycles. The van der Waals surface area contributed by atoms with Gasteiger partial charge in [-0.05, 0) is 26.0 Å². The zero-order valence-electron chi connectivity index (χ0n) is 16.5. The Balaban J connectivity index is 1.49. The number of halogens is 1. The third kappa shape index (κ3) is 4.08. The number of amides is 1. The number of aromatic nitrogens is 4. The molecule has 0 aliphatic carbocycles. The Hall–Kier alpha value is -3.53. The van der Waals surface area contributed by atoms with Crippen molar-refractivity contribution >= 4 is 22.4 Å². The highest BCUT2D eigenvalue weighted by molar-refractivity contribution is 7.14. The van der Waals surface area contributed by atoms with E-state index in [1.54, 1.807) is 23.7 Å². The van der Waals surface area contributed by atoms with Crippen LogP contribution in [0.4, 0.5) is 9.52 Å². The predicted octanol–water partition coefficient (Wildman–Crippen LogP) is 4.12. The molecule has 1 aromatic carbocycles. The SMILES string of the molecule is Cc1nn(C)cc1-c1csc(NC(=O)c2noc(C)c2COc2cccc(F)c2)n1. The number of thiazole rings is 1. The Morgan fingerprint density at radius 3 is 2.93 bits per heavy atom. The van der Waals surface area contributed by atoms with Gasteiger partial charge in [0.05, 0.1) is 17.0 Å². The number of nitrogens with zero attached hydrogens (tertiary/aromatic N) is 4. The number of hydrogen-bond acceptors (Lipinski definition) is 7. The number of nitrogens with one attached hydrogen (secondary N) is 1.